The number of ether oxygens (including phenoxy) is 4. The summed E-state index contributed by atoms with van der Waals surface area (Å²) in [6.07, 6.45) is 1.89. The lowest BCUT2D eigenvalue weighted by Crippen LogP contribution is -2.54. The van der Waals surface area contributed by atoms with E-state index < -0.39 is 54.7 Å². The van der Waals surface area contributed by atoms with Crippen LogP contribution in [0.15, 0.2) is 105 Å². The lowest BCUT2D eigenvalue weighted by atomic mass is 9.67. The van der Waals surface area contributed by atoms with E-state index in [9.17, 15) is 30.0 Å². The van der Waals surface area contributed by atoms with Crippen LogP contribution in [0.2, 0.25) is 0 Å². The van der Waals surface area contributed by atoms with Gasteiger partial charge in [-0.25, -0.2) is 9.59 Å². The molecular weight excluding hydrogens is 877 g/mol. The molecule has 9 rings (SSSR count). The maximum atomic E-state index is 15.1. The van der Waals surface area contributed by atoms with Crippen LogP contribution in [-0.4, -0.2) is 70.7 Å². The second-order valence-corrected chi connectivity index (χ2v) is 19.3. The molecule has 1 aliphatic carbocycles. The van der Waals surface area contributed by atoms with Crippen LogP contribution < -0.4 is 10.4 Å². The van der Waals surface area contributed by atoms with Crippen LogP contribution in [0.5, 0.6) is 5.75 Å². The van der Waals surface area contributed by atoms with E-state index >= 15 is 4.79 Å². The molecular formula is C57H60O12. The highest BCUT2D eigenvalue weighted by molar-refractivity contribution is 5.90. The van der Waals surface area contributed by atoms with Gasteiger partial charge in [0.2, 0.25) is 0 Å². The Morgan fingerprint density at radius 1 is 0.899 bits per heavy atom. The van der Waals surface area contributed by atoms with Crippen molar-refractivity contribution in [2.24, 2.45) is 5.92 Å². The minimum Gasteiger partial charge on any atom is -0.482 e. The maximum absolute atomic E-state index is 15.1. The number of hydrogen-bond acceptors (Lipinski definition) is 12. The van der Waals surface area contributed by atoms with E-state index in [1.807, 2.05) is 6.07 Å². The highest BCUT2D eigenvalue weighted by atomic mass is 16.6. The standard InChI is InChI=1S/C57H60O12/c1-34(30-59)43-17-14-36-15-18-44-40(26-36)12-6-7-23-57(2)54(68-55(43)63)53(51-48(69-57)21-20-46-47(31-60)50(56(64)67-52(46)51)41(22-24-58)32-65-33-61)66-49(62)29-42-28-39(16-19-45(42)44)38-13-8-11-37(27-38)25-35-9-4-3-5-10-35/h3-5,8-11,13,15,18,20-21,26-27,39,41-42,45,53-54,58-61H,12,14,16-17,19,22-25,28-33H2,1-2H3/b43-34-/t39-,41+,42+,45-,53+,54-,57+/m0/s1. The molecule has 3 aliphatic heterocycles. The molecule has 0 amide bonds. The first-order chi connectivity index (χ1) is 33.5. The average Bonchev–Trinajstić information content (AvgIpc) is 3.34. The number of aliphatic hydroxyl groups excluding tert-OH is 4. The van der Waals surface area contributed by atoms with Crippen LogP contribution in [0.1, 0.15) is 133 Å². The van der Waals surface area contributed by atoms with Gasteiger partial charge in [0.25, 0.3) is 0 Å². The fourth-order valence-corrected chi connectivity index (χ4v) is 11.3. The van der Waals surface area contributed by atoms with E-state index in [4.69, 9.17) is 23.4 Å². The molecule has 5 bridgehead atoms. The average molecular weight is 937 g/mol. The van der Waals surface area contributed by atoms with Gasteiger partial charge in [-0.1, -0.05) is 84.6 Å². The third-order valence-electron chi connectivity index (χ3n) is 14.9. The number of carbonyl (C=O) groups is 2. The van der Waals surface area contributed by atoms with Crippen molar-refractivity contribution in [2.45, 2.75) is 120 Å². The third kappa shape index (κ3) is 9.89. The van der Waals surface area contributed by atoms with Crippen molar-refractivity contribution < 1.29 is 53.4 Å². The monoisotopic (exact) mass is 936 g/mol. The Morgan fingerprint density at radius 3 is 2.51 bits per heavy atom. The van der Waals surface area contributed by atoms with Crippen molar-refractivity contribution in [1.29, 1.82) is 0 Å². The number of fused-ring (bicyclic) bond motifs is 9. The number of rotatable bonds is 11. The molecule has 12 nitrogen and oxygen atoms in total. The number of benzene rings is 4. The van der Waals surface area contributed by atoms with E-state index in [1.165, 1.54) is 16.7 Å². The molecule has 1 aromatic heterocycles. The van der Waals surface area contributed by atoms with Gasteiger partial charge in [0.05, 0.1) is 31.8 Å². The van der Waals surface area contributed by atoms with Crippen molar-refractivity contribution in [3.8, 4) is 17.6 Å². The van der Waals surface area contributed by atoms with Crippen LogP contribution in [-0.2, 0) is 49.7 Å². The lowest BCUT2D eigenvalue weighted by molar-refractivity contribution is -0.190. The Balaban J connectivity index is 1.20. The Kier molecular flexibility index (Phi) is 14.5. The van der Waals surface area contributed by atoms with Gasteiger partial charge in [0.15, 0.2) is 17.8 Å². The first-order valence-electron chi connectivity index (χ1n) is 24.1. The Morgan fingerprint density at radius 2 is 1.72 bits per heavy atom. The van der Waals surface area contributed by atoms with Gasteiger partial charge in [0.1, 0.15) is 18.1 Å². The van der Waals surface area contributed by atoms with Gasteiger partial charge in [-0.2, -0.15) is 0 Å². The summed E-state index contributed by atoms with van der Waals surface area (Å²) in [7, 11) is 0. The summed E-state index contributed by atoms with van der Waals surface area (Å²) in [5, 5.41) is 41.1. The first kappa shape index (κ1) is 48.0. The largest absolute Gasteiger partial charge is 0.482 e. The van der Waals surface area contributed by atoms with Crippen LogP contribution in [0.25, 0.3) is 11.0 Å². The number of esters is 2. The van der Waals surface area contributed by atoms with E-state index in [0.717, 1.165) is 36.0 Å². The minimum absolute atomic E-state index is 0.00187. The second-order valence-electron chi connectivity index (χ2n) is 19.3. The Hall–Kier alpha value is -6.07. The maximum Gasteiger partial charge on any atom is 0.340 e. The Bertz CT molecular complexity index is 2870. The zero-order valence-electron chi connectivity index (χ0n) is 39.2. The van der Waals surface area contributed by atoms with Gasteiger partial charge in [-0.3, -0.25) is 4.79 Å². The van der Waals surface area contributed by atoms with Gasteiger partial charge in [-0.15, -0.1) is 0 Å². The van der Waals surface area contributed by atoms with Crippen LogP contribution in [0, 0.1) is 17.8 Å². The molecule has 4 heterocycles. The third-order valence-corrected chi connectivity index (χ3v) is 14.9. The molecule has 0 unspecified atom stereocenters. The second kappa shape index (κ2) is 20.9. The SMILES string of the molecule is C/C(CO)=C1\CCc2ccc3c(c2)CC#CC[C@@]2(C)Oc4ccc5c(CO)c([C@H](CCO)COCO)c(=O)oc5c4[C@@H](OC(=O)C[C@H]4C[C@@H](c5cccc(Cc6ccccc6)c5)CC[C@H]34)[C@@H]2OC1=O. The van der Waals surface area contributed by atoms with Crippen LogP contribution >= 0.6 is 0 Å². The predicted octanol–water partition coefficient (Wildman–Crippen LogP) is 7.92. The molecule has 1 fully saturated rings. The summed E-state index contributed by atoms with van der Waals surface area (Å²) < 4.78 is 31.6. The topological polar surface area (TPSA) is 182 Å². The van der Waals surface area contributed by atoms with E-state index in [1.54, 1.807) is 26.0 Å². The smallest absolute Gasteiger partial charge is 0.340 e. The summed E-state index contributed by atoms with van der Waals surface area (Å²) >= 11 is 0. The van der Waals surface area contributed by atoms with Crippen molar-refractivity contribution in [3.63, 3.8) is 0 Å². The van der Waals surface area contributed by atoms with Gasteiger partial charge in [0, 0.05) is 41.9 Å². The molecule has 4 N–H and O–H groups in total. The first-order valence-corrected chi connectivity index (χ1v) is 24.1. The summed E-state index contributed by atoms with van der Waals surface area (Å²) in [6.45, 7) is 1.38. The molecule has 5 aromatic rings. The summed E-state index contributed by atoms with van der Waals surface area (Å²) in [5.41, 5.74) is 5.76. The normalized spacial score (nSPS) is 24.6. The van der Waals surface area contributed by atoms with E-state index in [2.05, 4.69) is 78.6 Å². The van der Waals surface area contributed by atoms with Crippen molar-refractivity contribution in [1.82, 2.24) is 0 Å². The van der Waals surface area contributed by atoms with Crippen LogP contribution in [0.3, 0.4) is 0 Å². The molecule has 0 spiro atoms. The minimum atomic E-state index is -1.41. The Labute approximate surface area is 401 Å². The van der Waals surface area contributed by atoms with Gasteiger partial charge in [-0.05, 0) is 133 Å². The quantitative estimate of drug-likeness (QED) is 0.0331. The molecule has 4 aromatic carbocycles. The molecule has 0 saturated heterocycles. The molecule has 360 valence electrons. The zero-order chi connectivity index (χ0) is 48.2. The van der Waals surface area contributed by atoms with Crippen LogP contribution in [0.4, 0.5) is 0 Å². The molecule has 69 heavy (non-hydrogen) atoms. The highest BCUT2D eigenvalue weighted by Crippen LogP contribution is 2.51. The van der Waals surface area contributed by atoms with Crippen molar-refractivity contribution in [2.75, 3.05) is 26.6 Å². The van der Waals surface area contributed by atoms with E-state index in [-0.39, 0.29) is 96.9 Å². The van der Waals surface area contributed by atoms with Gasteiger partial charge >= 0.3 is 17.6 Å². The summed E-state index contributed by atoms with van der Waals surface area (Å²) in [5.74, 6) is 4.99. The summed E-state index contributed by atoms with van der Waals surface area (Å²) in [6, 6.07) is 28.9. The molecule has 12 heteroatoms. The molecule has 7 atom stereocenters. The summed E-state index contributed by atoms with van der Waals surface area (Å²) in [4.78, 5) is 44.0. The predicted molar refractivity (Wildman–Crippen MR) is 257 cm³/mol. The molecule has 1 saturated carbocycles. The number of hydrogen-bond donors (Lipinski definition) is 4. The lowest BCUT2D eigenvalue weighted by Gasteiger charge is -2.45. The highest BCUT2D eigenvalue weighted by Gasteiger charge is 2.53. The number of carbonyl (C=O) groups excluding carboxylic acids is 2. The van der Waals surface area contributed by atoms with Crippen molar-refractivity contribution in [3.05, 3.63) is 157 Å². The number of aryl methyl sites for hydroxylation is 1. The molecule has 4 aliphatic rings. The van der Waals surface area contributed by atoms with E-state index in [0.29, 0.717) is 30.2 Å². The van der Waals surface area contributed by atoms with Crippen molar-refractivity contribution >= 4 is 22.9 Å². The molecule has 0 radical (unpaired) electrons. The zero-order valence-corrected chi connectivity index (χ0v) is 39.2. The fraction of sp³-hybridized carbons (Fsp3) is 0.421. The van der Waals surface area contributed by atoms with Gasteiger partial charge < -0.3 is 43.8 Å². The number of aliphatic hydroxyl groups is 4. The fourth-order valence-electron chi connectivity index (χ4n) is 11.3.